The van der Waals surface area contributed by atoms with Crippen LogP contribution in [0.1, 0.15) is 78.2 Å². The first-order valence-electron chi connectivity index (χ1n) is 12.9. The summed E-state index contributed by atoms with van der Waals surface area (Å²) in [4.78, 5) is 31.3. The van der Waals surface area contributed by atoms with Gasteiger partial charge in [0.1, 0.15) is 5.82 Å². The molecule has 1 aliphatic rings. The molecule has 1 amide bonds. The van der Waals surface area contributed by atoms with Crippen LogP contribution in [0.25, 0.3) is 0 Å². The maximum absolute atomic E-state index is 14.8. The predicted octanol–water partition coefficient (Wildman–Crippen LogP) is 5.63. The third kappa shape index (κ3) is 6.40. The van der Waals surface area contributed by atoms with E-state index >= 15 is 0 Å². The van der Waals surface area contributed by atoms with Gasteiger partial charge in [-0.25, -0.2) is 13.2 Å². The summed E-state index contributed by atoms with van der Waals surface area (Å²) in [5.74, 6) is -4.61. The van der Waals surface area contributed by atoms with E-state index in [0.717, 1.165) is 18.2 Å². The van der Waals surface area contributed by atoms with Crippen LogP contribution in [0.2, 0.25) is 0 Å². The molecule has 0 bridgehead atoms. The molecule has 1 saturated carbocycles. The molecule has 0 aliphatic heterocycles. The Morgan fingerprint density at radius 1 is 1.16 bits per heavy atom. The summed E-state index contributed by atoms with van der Waals surface area (Å²) in [5, 5.41) is 2.93. The third-order valence-electron chi connectivity index (χ3n) is 7.90. The average molecular weight is 518 g/mol. The molecule has 0 radical (unpaired) electrons. The molecule has 0 unspecified atom stereocenters. The highest BCUT2D eigenvalue weighted by molar-refractivity contribution is 5.96. The summed E-state index contributed by atoms with van der Waals surface area (Å²) < 4.78 is 44.1. The molecule has 0 spiro atoms. The number of aromatic nitrogens is 1. The van der Waals surface area contributed by atoms with Crippen molar-refractivity contribution < 1.29 is 22.8 Å². The van der Waals surface area contributed by atoms with E-state index in [4.69, 9.17) is 0 Å². The third-order valence-corrected chi connectivity index (χ3v) is 7.90. The molecule has 202 valence electrons. The molecule has 3 rings (SSSR count). The average Bonchev–Trinajstić information content (AvgIpc) is 3.65. The number of pyridine rings is 1. The maximum atomic E-state index is 14.8. The normalized spacial score (nSPS) is 16.4. The van der Waals surface area contributed by atoms with Crippen LogP contribution >= 0.6 is 0 Å². The van der Waals surface area contributed by atoms with E-state index in [-0.39, 0.29) is 42.7 Å². The molecule has 0 saturated heterocycles. The van der Waals surface area contributed by atoms with Crippen LogP contribution in [0.3, 0.4) is 0 Å². The highest BCUT2D eigenvalue weighted by atomic mass is 19.3. The number of nitrogens with one attached hydrogen (secondary N) is 1. The van der Waals surface area contributed by atoms with E-state index in [2.05, 4.69) is 10.3 Å². The van der Waals surface area contributed by atoms with Gasteiger partial charge in [0, 0.05) is 48.7 Å². The number of amides is 1. The van der Waals surface area contributed by atoms with Gasteiger partial charge in [-0.15, -0.1) is 0 Å². The largest absolute Gasteiger partial charge is 0.355 e. The topological polar surface area (TPSA) is 62.3 Å². The standard InChI is InChI=1S/C29H38F3N3O2/c1-7-25(36)23-11-10-20(19(3)27(23)30)14-22(35(5)6)17-34-26(37)15-24(21-9-8-18(2)33-16-21)29(12-13-29)28(4,31)32/h8-11,16,22,24H,7,12-15,17H2,1-6H3,(H,34,37)/t22-,24-/m0/s1. The summed E-state index contributed by atoms with van der Waals surface area (Å²) in [7, 11) is 3.74. The second-order valence-electron chi connectivity index (χ2n) is 10.6. The van der Waals surface area contributed by atoms with Crippen molar-refractivity contribution >= 4 is 11.7 Å². The first kappa shape index (κ1) is 28.8. The van der Waals surface area contributed by atoms with Crippen molar-refractivity contribution in [3.63, 3.8) is 0 Å². The number of likely N-dealkylation sites (N-methyl/N-ethyl adjacent to an activating group) is 1. The van der Waals surface area contributed by atoms with Crippen LogP contribution in [0, 0.1) is 25.1 Å². The molecule has 1 fully saturated rings. The lowest BCUT2D eigenvalue weighted by molar-refractivity contribution is -0.123. The zero-order valence-electron chi connectivity index (χ0n) is 22.6. The molecule has 1 aliphatic carbocycles. The second-order valence-corrected chi connectivity index (χ2v) is 10.6. The first-order chi connectivity index (χ1) is 17.3. The molecule has 37 heavy (non-hydrogen) atoms. The van der Waals surface area contributed by atoms with Crippen molar-refractivity contribution in [3.05, 3.63) is 64.2 Å². The van der Waals surface area contributed by atoms with E-state index in [1.165, 1.54) is 6.07 Å². The number of aryl methyl sites for hydroxylation is 1. The molecule has 8 heteroatoms. The van der Waals surface area contributed by atoms with E-state index in [1.54, 1.807) is 38.2 Å². The van der Waals surface area contributed by atoms with Gasteiger partial charge >= 0.3 is 0 Å². The Kier molecular flexibility index (Phi) is 8.83. The summed E-state index contributed by atoms with van der Waals surface area (Å²) in [6.07, 6.45) is 2.96. The SMILES string of the molecule is CCC(=O)c1ccc(C[C@@H](CNC(=O)C[C@@H](c2ccc(C)nc2)C2(C(C)(F)F)CC2)N(C)C)c(C)c1F. The van der Waals surface area contributed by atoms with Crippen LogP contribution in [0.4, 0.5) is 13.2 Å². The lowest BCUT2D eigenvalue weighted by Gasteiger charge is -2.32. The fourth-order valence-electron chi connectivity index (χ4n) is 5.08. The molecule has 1 aromatic heterocycles. The Morgan fingerprint density at radius 2 is 1.84 bits per heavy atom. The van der Waals surface area contributed by atoms with Gasteiger partial charge in [0.05, 0.1) is 5.56 Å². The van der Waals surface area contributed by atoms with Crippen LogP contribution in [-0.4, -0.2) is 54.2 Å². The van der Waals surface area contributed by atoms with Crippen molar-refractivity contribution in [1.82, 2.24) is 15.2 Å². The summed E-state index contributed by atoms with van der Waals surface area (Å²) in [6, 6.07) is 6.71. The van der Waals surface area contributed by atoms with Gasteiger partial charge in [0.15, 0.2) is 5.78 Å². The maximum Gasteiger partial charge on any atom is 0.251 e. The number of alkyl halides is 2. The minimum atomic E-state index is -2.91. The molecule has 1 aromatic carbocycles. The van der Waals surface area contributed by atoms with Gasteiger partial charge in [0.25, 0.3) is 5.92 Å². The zero-order valence-corrected chi connectivity index (χ0v) is 22.6. The van der Waals surface area contributed by atoms with Gasteiger partial charge in [-0.05, 0) is 83.0 Å². The fourth-order valence-corrected chi connectivity index (χ4v) is 5.08. The second kappa shape index (κ2) is 11.3. The zero-order chi connectivity index (χ0) is 27.5. The highest BCUT2D eigenvalue weighted by Gasteiger charge is 2.63. The number of carbonyl (C=O) groups excluding carboxylic acids is 2. The number of nitrogens with zero attached hydrogens (tertiary/aromatic N) is 2. The van der Waals surface area contributed by atoms with E-state index < -0.39 is 23.1 Å². The lowest BCUT2D eigenvalue weighted by Crippen LogP contribution is -2.43. The van der Waals surface area contributed by atoms with Crippen molar-refractivity contribution in [3.8, 4) is 0 Å². The van der Waals surface area contributed by atoms with Crippen molar-refractivity contribution in [2.45, 2.75) is 77.7 Å². The van der Waals surface area contributed by atoms with Gasteiger partial charge in [-0.3, -0.25) is 14.6 Å². The van der Waals surface area contributed by atoms with Crippen molar-refractivity contribution in [1.29, 1.82) is 0 Å². The summed E-state index contributed by atoms with van der Waals surface area (Å²) >= 11 is 0. The van der Waals surface area contributed by atoms with Crippen molar-refractivity contribution in [2.24, 2.45) is 5.41 Å². The Balaban J connectivity index is 1.73. The van der Waals surface area contributed by atoms with Gasteiger partial charge in [0.2, 0.25) is 5.91 Å². The monoisotopic (exact) mass is 517 g/mol. The number of hydrogen-bond acceptors (Lipinski definition) is 4. The molecule has 2 atom stereocenters. The number of hydrogen-bond donors (Lipinski definition) is 1. The van der Waals surface area contributed by atoms with E-state index in [9.17, 15) is 22.8 Å². The Bertz CT molecular complexity index is 1120. The van der Waals surface area contributed by atoms with E-state index in [1.807, 2.05) is 25.9 Å². The minimum Gasteiger partial charge on any atom is -0.355 e. The molecular weight excluding hydrogens is 479 g/mol. The molecule has 5 nitrogen and oxygen atoms in total. The predicted molar refractivity (Wildman–Crippen MR) is 139 cm³/mol. The number of Topliss-reactive ketones (excluding diaryl/α,β-unsaturated/α-hetero) is 1. The van der Waals surface area contributed by atoms with E-state index in [0.29, 0.717) is 30.4 Å². The molecular formula is C29H38F3N3O2. The summed E-state index contributed by atoms with van der Waals surface area (Å²) in [5.41, 5.74) is 1.46. The minimum absolute atomic E-state index is 0.0597. The number of halogens is 3. The van der Waals surface area contributed by atoms with Crippen LogP contribution < -0.4 is 5.32 Å². The van der Waals surface area contributed by atoms with Gasteiger partial charge < -0.3 is 10.2 Å². The summed E-state index contributed by atoms with van der Waals surface area (Å²) in [6.45, 7) is 6.40. The highest BCUT2D eigenvalue weighted by Crippen LogP contribution is 2.65. The smallest absolute Gasteiger partial charge is 0.251 e. The number of rotatable bonds is 12. The Hall–Kier alpha value is -2.74. The lowest BCUT2D eigenvalue weighted by atomic mass is 9.77. The number of carbonyl (C=O) groups is 2. The molecule has 1 N–H and O–H groups in total. The van der Waals surface area contributed by atoms with Gasteiger partial charge in [-0.2, -0.15) is 0 Å². The molecule has 2 aromatic rings. The first-order valence-corrected chi connectivity index (χ1v) is 12.9. The fraction of sp³-hybridized carbons (Fsp3) is 0.552. The number of ketones is 1. The quantitative estimate of drug-likeness (QED) is 0.371. The Morgan fingerprint density at radius 3 is 2.35 bits per heavy atom. The van der Waals surface area contributed by atoms with Crippen LogP contribution in [0.15, 0.2) is 30.5 Å². The van der Waals surface area contributed by atoms with Gasteiger partial charge in [-0.1, -0.05) is 19.1 Å². The number of benzene rings is 1. The Labute approximate surface area is 217 Å². The van der Waals surface area contributed by atoms with Crippen LogP contribution in [0.5, 0.6) is 0 Å². The molecule has 1 heterocycles. The van der Waals surface area contributed by atoms with Crippen molar-refractivity contribution in [2.75, 3.05) is 20.6 Å². The van der Waals surface area contributed by atoms with Crippen LogP contribution in [-0.2, 0) is 11.2 Å².